The van der Waals surface area contributed by atoms with Gasteiger partial charge in [-0.05, 0) is 51.4 Å². The minimum Gasteiger partial charge on any atom is -0.324 e. The molecule has 1 saturated heterocycles. The fraction of sp³-hybridized carbons (Fsp3) is 0.588. The van der Waals surface area contributed by atoms with E-state index in [0.29, 0.717) is 11.9 Å². The van der Waals surface area contributed by atoms with Crippen molar-refractivity contribution < 1.29 is 0 Å². The van der Waals surface area contributed by atoms with Gasteiger partial charge >= 0.3 is 0 Å². The van der Waals surface area contributed by atoms with Crippen molar-refractivity contribution in [3.05, 3.63) is 29.6 Å². The van der Waals surface area contributed by atoms with Gasteiger partial charge in [0.25, 0.3) is 0 Å². The Balaban J connectivity index is 1.99. The summed E-state index contributed by atoms with van der Waals surface area (Å²) in [6.07, 6.45) is 3.51. The third-order valence-electron chi connectivity index (χ3n) is 4.46. The number of halogens is 1. The Morgan fingerprint density at radius 3 is 2.76 bits per heavy atom. The summed E-state index contributed by atoms with van der Waals surface area (Å²) >= 11 is 5.99. The molecule has 2 heterocycles. The van der Waals surface area contributed by atoms with Crippen LogP contribution in [0.3, 0.4) is 0 Å². The van der Waals surface area contributed by atoms with E-state index < -0.39 is 0 Å². The van der Waals surface area contributed by atoms with E-state index in [1.54, 1.807) is 0 Å². The molecule has 0 saturated carbocycles. The van der Waals surface area contributed by atoms with Crippen molar-refractivity contribution in [2.45, 2.75) is 39.2 Å². The van der Waals surface area contributed by atoms with Gasteiger partial charge in [-0.3, -0.25) is 0 Å². The lowest BCUT2D eigenvalue weighted by molar-refractivity contribution is 0.288. The quantitative estimate of drug-likeness (QED) is 0.784. The number of hydrogen-bond donors (Lipinski definition) is 0. The number of likely N-dealkylation sites (tertiary alicyclic amines) is 1. The lowest BCUT2D eigenvalue weighted by atomic mass is 10.2. The molecule has 1 aliphatic heterocycles. The zero-order valence-corrected chi connectivity index (χ0v) is 13.7. The topological polar surface area (TPSA) is 21.1 Å². The fourth-order valence-electron chi connectivity index (χ4n) is 3.53. The fourth-order valence-corrected chi connectivity index (χ4v) is 3.69. The smallest absolute Gasteiger partial charge is 0.111 e. The van der Waals surface area contributed by atoms with Crippen LogP contribution in [0.5, 0.6) is 0 Å². The van der Waals surface area contributed by atoms with Crippen LogP contribution in [0.4, 0.5) is 0 Å². The Morgan fingerprint density at radius 2 is 2.05 bits per heavy atom. The molecule has 1 aliphatic rings. The van der Waals surface area contributed by atoms with Crippen LogP contribution in [0.1, 0.15) is 37.2 Å². The second-order valence-corrected chi connectivity index (χ2v) is 6.51. The largest absolute Gasteiger partial charge is 0.324 e. The van der Waals surface area contributed by atoms with Gasteiger partial charge < -0.3 is 9.47 Å². The number of aryl methyl sites for hydroxylation is 2. The zero-order valence-electron chi connectivity index (χ0n) is 13.0. The molecule has 4 heteroatoms. The monoisotopic (exact) mass is 305 g/mol. The summed E-state index contributed by atoms with van der Waals surface area (Å²) in [6.45, 7) is 8.06. The highest BCUT2D eigenvalue weighted by Gasteiger charge is 2.20. The number of nitrogens with zero attached hydrogens (tertiary/aromatic N) is 3. The summed E-state index contributed by atoms with van der Waals surface area (Å²) in [4.78, 5) is 7.39. The van der Waals surface area contributed by atoms with Crippen LogP contribution >= 0.6 is 11.6 Å². The van der Waals surface area contributed by atoms with Crippen molar-refractivity contribution in [3.63, 3.8) is 0 Å². The van der Waals surface area contributed by atoms with Crippen molar-refractivity contribution in [3.8, 4) is 0 Å². The lowest BCUT2D eigenvalue weighted by Gasteiger charge is -2.24. The molecule has 1 fully saturated rings. The molecule has 1 aromatic carbocycles. The number of hydrogen-bond acceptors (Lipinski definition) is 2. The summed E-state index contributed by atoms with van der Waals surface area (Å²) in [7, 11) is 0. The molecule has 1 aromatic heterocycles. The first kappa shape index (κ1) is 14.9. The summed E-state index contributed by atoms with van der Waals surface area (Å²) < 4.78 is 2.42. The minimum absolute atomic E-state index is 0.437. The van der Waals surface area contributed by atoms with Crippen LogP contribution in [-0.2, 0) is 6.42 Å². The number of rotatable bonds is 5. The van der Waals surface area contributed by atoms with Gasteiger partial charge in [0.1, 0.15) is 5.82 Å². The second kappa shape index (κ2) is 6.37. The van der Waals surface area contributed by atoms with E-state index in [-0.39, 0.29) is 0 Å². The number of benzene rings is 1. The summed E-state index contributed by atoms with van der Waals surface area (Å²) in [5.74, 6) is 1.75. The maximum atomic E-state index is 5.99. The molecule has 0 amide bonds. The van der Waals surface area contributed by atoms with Crippen LogP contribution < -0.4 is 0 Å². The minimum atomic E-state index is 0.437. The van der Waals surface area contributed by atoms with Gasteiger partial charge in [-0.2, -0.15) is 0 Å². The predicted octanol–water partition coefficient (Wildman–Crippen LogP) is 3.78. The average molecular weight is 306 g/mol. The summed E-state index contributed by atoms with van der Waals surface area (Å²) in [5, 5.41) is 0. The molecule has 1 atom stereocenters. The molecule has 21 heavy (non-hydrogen) atoms. The van der Waals surface area contributed by atoms with Gasteiger partial charge in [-0.1, -0.05) is 12.1 Å². The molecule has 0 radical (unpaired) electrons. The normalized spacial score (nSPS) is 17.7. The van der Waals surface area contributed by atoms with Crippen molar-refractivity contribution in [1.29, 1.82) is 0 Å². The van der Waals surface area contributed by atoms with Crippen LogP contribution in [0.25, 0.3) is 11.0 Å². The van der Waals surface area contributed by atoms with Crippen LogP contribution in [-0.4, -0.2) is 40.0 Å². The highest BCUT2D eigenvalue weighted by atomic mass is 35.5. The Kier molecular flexibility index (Phi) is 4.51. The standard InChI is InChI=1S/C17H24ClN3/c1-13-6-5-7-15-17(13)21(16(19-15)8-9-18)14(2)12-20-10-3-4-11-20/h5-7,14H,3-4,8-12H2,1-2H3. The highest BCUT2D eigenvalue weighted by Crippen LogP contribution is 2.26. The molecule has 0 bridgehead atoms. The number of imidazole rings is 1. The predicted molar refractivity (Wildman–Crippen MR) is 89.3 cm³/mol. The molecule has 1 unspecified atom stereocenters. The van der Waals surface area contributed by atoms with E-state index in [4.69, 9.17) is 16.6 Å². The Morgan fingerprint density at radius 1 is 1.29 bits per heavy atom. The first-order valence-corrected chi connectivity index (χ1v) is 8.49. The van der Waals surface area contributed by atoms with Gasteiger partial charge in [0.2, 0.25) is 0 Å². The number of fused-ring (bicyclic) bond motifs is 1. The Labute approximate surface area is 131 Å². The van der Waals surface area contributed by atoms with Crippen molar-refractivity contribution in [1.82, 2.24) is 14.5 Å². The third kappa shape index (κ3) is 2.95. The van der Waals surface area contributed by atoms with E-state index in [2.05, 4.69) is 41.5 Å². The van der Waals surface area contributed by atoms with E-state index in [0.717, 1.165) is 24.3 Å². The van der Waals surface area contributed by atoms with Crippen LogP contribution in [0.2, 0.25) is 0 Å². The molecular weight excluding hydrogens is 282 g/mol. The SMILES string of the molecule is Cc1cccc2nc(CCCl)n(C(C)CN3CCCC3)c12. The van der Waals surface area contributed by atoms with E-state index in [1.165, 1.54) is 37.0 Å². The number of para-hydroxylation sites is 1. The van der Waals surface area contributed by atoms with Gasteiger partial charge in [-0.25, -0.2) is 4.98 Å². The molecule has 0 N–H and O–H groups in total. The van der Waals surface area contributed by atoms with Gasteiger partial charge in [0, 0.05) is 24.9 Å². The van der Waals surface area contributed by atoms with E-state index in [1.807, 2.05) is 0 Å². The van der Waals surface area contributed by atoms with Crippen LogP contribution in [0, 0.1) is 6.92 Å². The number of aromatic nitrogens is 2. The lowest BCUT2D eigenvalue weighted by Crippen LogP contribution is -2.28. The van der Waals surface area contributed by atoms with Gasteiger partial charge in [0.05, 0.1) is 11.0 Å². The molecule has 0 aliphatic carbocycles. The first-order valence-electron chi connectivity index (χ1n) is 7.95. The van der Waals surface area contributed by atoms with E-state index >= 15 is 0 Å². The second-order valence-electron chi connectivity index (χ2n) is 6.14. The van der Waals surface area contributed by atoms with Crippen molar-refractivity contribution in [2.24, 2.45) is 0 Å². The molecule has 3 rings (SSSR count). The first-order chi connectivity index (χ1) is 10.2. The number of alkyl halides is 1. The maximum Gasteiger partial charge on any atom is 0.111 e. The molecular formula is C17H24ClN3. The zero-order chi connectivity index (χ0) is 14.8. The van der Waals surface area contributed by atoms with E-state index in [9.17, 15) is 0 Å². The average Bonchev–Trinajstić information content (AvgIpc) is 3.07. The van der Waals surface area contributed by atoms with Crippen molar-refractivity contribution >= 4 is 22.6 Å². The third-order valence-corrected chi connectivity index (χ3v) is 4.65. The molecule has 3 nitrogen and oxygen atoms in total. The molecule has 114 valence electrons. The Bertz CT molecular complexity index is 614. The highest BCUT2D eigenvalue weighted by molar-refractivity contribution is 6.17. The summed E-state index contributed by atoms with van der Waals surface area (Å²) in [6, 6.07) is 6.81. The molecule has 2 aromatic rings. The Hall–Kier alpha value is -1.06. The van der Waals surface area contributed by atoms with Gasteiger partial charge in [-0.15, -0.1) is 11.6 Å². The molecule has 0 spiro atoms. The van der Waals surface area contributed by atoms with Crippen molar-refractivity contribution in [2.75, 3.05) is 25.5 Å². The summed E-state index contributed by atoms with van der Waals surface area (Å²) in [5.41, 5.74) is 3.68. The van der Waals surface area contributed by atoms with Crippen LogP contribution in [0.15, 0.2) is 18.2 Å². The maximum absolute atomic E-state index is 5.99. The van der Waals surface area contributed by atoms with Gasteiger partial charge in [0.15, 0.2) is 0 Å².